The van der Waals surface area contributed by atoms with Gasteiger partial charge in [0.1, 0.15) is 6.10 Å². The predicted octanol–water partition coefficient (Wildman–Crippen LogP) is 1.17. The van der Waals surface area contributed by atoms with Gasteiger partial charge in [0.15, 0.2) is 0 Å². The third-order valence-electron chi connectivity index (χ3n) is 5.98. The Balaban J connectivity index is 1.52. The molecule has 0 amide bonds. The molecule has 2 aliphatic rings. The number of nitrogens with zero attached hydrogens (tertiary/aromatic N) is 1. The lowest BCUT2D eigenvalue weighted by Gasteiger charge is -2.38. The average molecular weight is 425 g/mol. The number of hydrogen-bond acceptors (Lipinski definition) is 9. The summed E-state index contributed by atoms with van der Waals surface area (Å²) in [5.74, 6) is -0.553. The standard InChI is InChI=1S/C21H31NO8/c1-10(6-17-22-8-16(29-17)21(26)27-4)5-14-19(25)18(24)13(9-28-14)7-15-20(30-15)11(2)12(3)23/h6,8,11-15,18-20,23-25H,5,7,9H2,1-4H3/b10-6+/t11-,12-,13-,14-,15-,18+,19-,20-/m0/s1. The largest absolute Gasteiger partial charge is 0.463 e. The average Bonchev–Trinajstić information content (AvgIpc) is 3.32. The van der Waals surface area contributed by atoms with E-state index in [1.165, 1.54) is 13.3 Å². The molecule has 8 atom stereocenters. The quantitative estimate of drug-likeness (QED) is 0.414. The number of aromatic nitrogens is 1. The predicted molar refractivity (Wildman–Crippen MR) is 105 cm³/mol. The Bertz CT molecular complexity index is 760. The third-order valence-corrected chi connectivity index (χ3v) is 5.98. The number of oxazole rings is 1. The number of hydrogen-bond donors (Lipinski definition) is 3. The summed E-state index contributed by atoms with van der Waals surface area (Å²) in [4.78, 5) is 15.4. The van der Waals surface area contributed by atoms with Crippen LogP contribution in [0.15, 0.2) is 16.2 Å². The van der Waals surface area contributed by atoms with Gasteiger partial charge in [-0.2, -0.15) is 0 Å². The van der Waals surface area contributed by atoms with E-state index in [9.17, 15) is 20.1 Å². The molecule has 2 saturated heterocycles. The molecule has 0 spiro atoms. The highest BCUT2D eigenvalue weighted by molar-refractivity contribution is 5.85. The van der Waals surface area contributed by atoms with Crippen LogP contribution in [-0.4, -0.2) is 76.6 Å². The molecule has 0 aliphatic carbocycles. The summed E-state index contributed by atoms with van der Waals surface area (Å²) in [5.41, 5.74) is 0.819. The van der Waals surface area contributed by atoms with E-state index >= 15 is 0 Å². The first-order valence-corrected chi connectivity index (χ1v) is 10.2. The van der Waals surface area contributed by atoms with E-state index in [1.54, 1.807) is 13.0 Å². The summed E-state index contributed by atoms with van der Waals surface area (Å²) in [7, 11) is 1.26. The van der Waals surface area contributed by atoms with Gasteiger partial charge in [0.2, 0.25) is 11.7 Å². The fourth-order valence-corrected chi connectivity index (χ4v) is 3.85. The summed E-state index contributed by atoms with van der Waals surface area (Å²) in [5, 5.41) is 30.8. The highest BCUT2D eigenvalue weighted by Gasteiger charge is 2.48. The Hall–Kier alpha value is -1.78. The molecule has 3 heterocycles. The topological polar surface area (TPSA) is 135 Å². The number of esters is 1. The van der Waals surface area contributed by atoms with Crippen molar-refractivity contribution in [1.82, 2.24) is 4.98 Å². The Kier molecular flexibility index (Phi) is 7.30. The molecule has 0 bridgehead atoms. The molecule has 30 heavy (non-hydrogen) atoms. The molecule has 9 heteroatoms. The molecule has 168 valence electrons. The molecule has 0 aromatic carbocycles. The van der Waals surface area contributed by atoms with E-state index in [0.717, 1.165) is 5.57 Å². The number of ether oxygens (including phenoxy) is 3. The molecule has 0 radical (unpaired) electrons. The van der Waals surface area contributed by atoms with E-state index < -0.39 is 30.4 Å². The monoisotopic (exact) mass is 425 g/mol. The number of rotatable bonds is 8. The number of epoxide rings is 1. The molecule has 0 unspecified atom stereocenters. The highest BCUT2D eigenvalue weighted by atomic mass is 16.6. The fourth-order valence-electron chi connectivity index (χ4n) is 3.85. The summed E-state index contributed by atoms with van der Waals surface area (Å²) < 4.78 is 21.4. The van der Waals surface area contributed by atoms with Crippen molar-refractivity contribution in [3.8, 4) is 0 Å². The van der Waals surface area contributed by atoms with Gasteiger partial charge in [-0.25, -0.2) is 9.78 Å². The Morgan fingerprint density at radius 3 is 2.73 bits per heavy atom. The lowest BCUT2D eigenvalue weighted by atomic mass is 9.85. The second-order valence-electron chi connectivity index (χ2n) is 8.34. The van der Waals surface area contributed by atoms with Gasteiger partial charge >= 0.3 is 5.97 Å². The maximum Gasteiger partial charge on any atom is 0.375 e. The number of methoxy groups -OCH3 is 1. The van der Waals surface area contributed by atoms with Crippen LogP contribution in [-0.2, 0) is 14.2 Å². The van der Waals surface area contributed by atoms with Crippen molar-refractivity contribution < 1.29 is 38.7 Å². The lowest BCUT2D eigenvalue weighted by Crippen LogP contribution is -2.50. The van der Waals surface area contributed by atoms with Gasteiger partial charge in [0.05, 0.1) is 50.4 Å². The van der Waals surface area contributed by atoms with Gasteiger partial charge in [-0.3, -0.25) is 0 Å². The van der Waals surface area contributed by atoms with Crippen molar-refractivity contribution in [3.63, 3.8) is 0 Å². The van der Waals surface area contributed by atoms with Crippen LogP contribution in [0.2, 0.25) is 0 Å². The van der Waals surface area contributed by atoms with E-state index in [1.807, 2.05) is 13.8 Å². The maximum absolute atomic E-state index is 11.4. The second kappa shape index (κ2) is 9.57. The van der Waals surface area contributed by atoms with Crippen LogP contribution in [0.25, 0.3) is 6.08 Å². The zero-order chi connectivity index (χ0) is 22.0. The van der Waals surface area contributed by atoms with Crippen LogP contribution >= 0.6 is 0 Å². The number of aliphatic hydroxyl groups is 3. The van der Waals surface area contributed by atoms with Gasteiger partial charge in [0, 0.05) is 11.8 Å². The van der Waals surface area contributed by atoms with Gasteiger partial charge in [-0.05, 0) is 32.8 Å². The molecular formula is C21H31NO8. The van der Waals surface area contributed by atoms with E-state index in [0.29, 0.717) is 19.4 Å². The SMILES string of the molecule is COC(=O)c1cnc(/C=C(\C)C[C@@H]2OC[C@H](C[C@@H]3O[C@H]3[C@@H](C)[C@H](C)O)[C@@H](O)[C@H]2O)o1. The molecule has 1 aromatic rings. The molecule has 1 aromatic heterocycles. The Labute approximate surface area is 175 Å². The van der Waals surface area contributed by atoms with Crippen LogP contribution in [0.5, 0.6) is 0 Å². The summed E-state index contributed by atoms with van der Waals surface area (Å²) in [6, 6.07) is 0. The normalized spacial score (nSPS) is 33.8. The van der Waals surface area contributed by atoms with Gasteiger partial charge in [-0.15, -0.1) is 0 Å². The van der Waals surface area contributed by atoms with E-state index in [2.05, 4.69) is 9.72 Å². The number of carbonyl (C=O) groups excluding carboxylic acids is 1. The molecular weight excluding hydrogens is 394 g/mol. The first kappa shape index (κ1) is 22.9. The first-order chi connectivity index (χ1) is 14.2. The zero-order valence-corrected chi connectivity index (χ0v) is 17.7. The molecule has 2 fully saturated rings. The lowest BCUT2D eigenvalue weighted by molar-refractivity contribution is -0.165. The third kappa shape index (κ3) is 5.28. The van der Waals surface area contributed by atoms with Crippen LogP contribution in [0.1, 0.15) is 50.1 Å². The smallest absolute Gasteiger partial charge is 0.375 e. The van der Waals surface area contributed by atoms with E-state index in [4.69, 9.17) is 13.9 Å². The minimum atomic E-state index is -1.03. The fraction of sp³-hybridized carbons (Fsp3) is 0.714. The van der Waals surface area contributed by atoms with Crippen molar-refractivity contribution in [1.29, 1.82) is 0 Å². The number of carbonyl (C=O) groups is 1. The van der Waals surface area contributed by atoms with Gasteiger partial charge < -0.3 is 33.9 Å². The van der Waals surface area contributed by atoms with E-state index in [-0.39, 0.29) is 35.7 Å². The van der Waals surface area contributed by atoms with Crippen LogP contribution in [0, 0.1) is 11.8 Å². The number of aliphatic hydroxyl groups excluding tert-OH is 3. The Morgan fingerprint density at radius 2 is 2.07 bits per heavy atom. The van der Waals surface area contributed by atoms with Crippen LogP contribution in [0.4, 0.5) is 0 Å². The summed E-state index contributed by atoms with van der Waals surface area (Å²) in [6.07, 6.45) is 0.878. The molecule has 9 nitrogen and oxygen atoms in total. The van der Waals surface area contributed by atoms with Crippen molar-refractivity contribution >= 4 is 12.0 Å². The molecule has 3 N–H and O–H groups in total. The minimum Gasteiger partial charge on any atom is -0.463 e. The van der Waals surface area contributed by atoms with Crippen LogP contribution in [0.3, 0.4) is 0 Å². The first-order valence-electron chi connectivity index (χ1n) is 10.2. The molecule has 0 saturated carbocycles. The van der Waals surface area contributed by atoms with Crippen molar-refractivity contribution in [2.45, 2.75) is 70.2 Å². The van der Waals surface area contributed by atoms with Gasteiger partial charge in [-0.1, -0.05) is 12.5 Å². The highest BCUT2D eigenvalue weighted by Crippen LogP contribution is 2.38. The van der Waals surface area contributed by atoms with Crippen molar-refractivity contribution in [2.75, 3.05) is 13.7 Å². The van der Waals surface area contributed by atoms with Crippen molar-refractivity contribution in [2.24, 2.45) is 11.8 Å². The van der Waals surface area contributed by atoms with Gasteiger partial charge in [0.25, 0.3) is 0 Å². The zero-order valence-electron chi connectivity index (χ0n) is 17.7. The minimum absolute atomic E-state index is 0.00859. The summed E-state index contributed by atoms with van der Waals surface area (Å²) in [6.45, 7) is 5.82. The summed E-state index contributed by atoms with van der Waals surface area (Å²) >= 11 is 0. The Morgan fingerprint density at radius 1 is 1.33 bits per heavy atom. The van der Waals surface area contributed by atoms with Crippen molar-refractivity contribution in [3.05, 3.63) is 23.4 Å². The molecule has 2 aliphatic heterocycles. The second-order valence-corrected chi connectivity index (χ2v) is 8.34. The maximum atomic E-state index is 11.4. The molecule has 3 rings (SSSR count). The van der Waals surface area contributed by atoms with Crippen LogP contribution < -0.4 is 0 Å².